The molecule has 0 saturated heterocycles. The third-order valence-corrected chi connectivity index (χ3v) is 3.01. The molecular formula is C15H22NiO3. The first-order valence-electron chi connectivity index (χ1n) is 6.06. The summed E-state index contributed by atoms with van der Waals surface area (Å²) in [7, 11) is 0. The van der Waals surface area contributed by atoms with Crippen LogP contribution in [-0.2, 0) is 27.3 Å². The van der Waals surface area contributed by atoms with E-state index in [1.807, 2.05) is 47.6 Å². The Labute approximate surface area is 125 Å². The summed E-state index contributed by atoms with van der Waals surface area (Å²) in [5, 5.41) is 19.3. The zero-order valence-corrected chi connectivity index (χ0v) is 13.3. The number of carbonyl (C=O) groups is 1. The predicted molar refractivity (Wildman–Crippen MR) is 72.5 cm³/mol. The van der Waals surface area contributed by atoms with Crippen LogP contribution in [0.4, 0.5) is 0 Å². The zero-order chi connectivity index (χ0) is 14.3. The van der Waals surface area contributed by atoms with Crippen molar-refractivity contribution in [2.45, 2.75) is 52.4 Å². The molecule has 0 heterocycles. The van der Waals surface area contributed by atoms with Crippen LogP contribution in [-0.4, -0.2) is 16.2 Å². The van der Waals surface area contributed by atoms with Crippen molar-refractivity contribution in [1.82, 2.24) is 0 Å². The van der Waals surface area contributed by atoms with Crippen molar-refractivity contribution in [2.75, 3.05) is 0 Å². The van der Waals surface area contributed by atoms with E-state index in [4.69, 9.17) is 0 Å². The van der Waals surface area contributed by atoms with E-state index in [1.54, 1.807) is 6.07 Å². The van der Waals surface area contributed by atoms with Gasteiger partial charge in [0.25, 0.3) is 0 Å². The van der Waals surface area contributed by atoms with E-state index in [0.29, 0.717) is 5.56 Å². The Morgan fingerprint density at radius 3 is 1.79 bits per heavy atom. The van der Waals surface area contributed by atoms with Gasteiger partial charge in [0.1, 0.15) is 11.3 Å². The second kappa shape index (κ2) is 5.54. The standard InChI is InChI=1S/C15H22O3.Ni/c1-14(2,3)9-7-10(13(17)18)12(16)11(8-9)15(4,5)6;/h7-8,16H,1-6H3,(H,17,18);. The molecule has 1 aromatic rings. The normalized spacial score (nSPS) is 11.9. The molecule has 0 unspecified atom stereocenters. The van der Waals surface area contributed by atoms with Gasteiger partial charge in [0.15, 0.2) is 0 Å². The number of benzene rings is 1. The molecule has 0 saturated carbocycles. The van der Waals surface area contributed by atoms with Crippen LogP contribution in [0, 0.1) is 0 Å². The summed E-state index contributed by atoms with van der Waals surface area (Å²) in [5.41, 5.74) is 1.12. The molecule has 0 aliphatic rings. The first-order valence-corrected chi connectivity index (χ1v) is 6.06. The van der Waals surface area contributed by atoms with Crippen LogP contribution in [0.5, 0.6) is 5.75 Å². The van der Waals surface area contributed by atoms with Gasteiger partial charge in [0.2, 0.25) is 0 Å². The number of carboxylic acid groups (broad SMARTS) is 1. The van der Waals surface area contributed by atoms with Gasteiger partial charge >= 0.3 is 5.97 Å². The predicted octanol–water partition coefficient (Wildman–Crippen LogP) is 3.68. The van der Waals surface area contributed by atoms with Crippen LogP contribution in [0.1, 0.15) is 63.0 Å². The number of aromatic hydroxyl groups is 1. The molecule has 0 radical (unpaired) electrons. The van der Waals surface area contributed by atoms with Crippen LogP contribution < -0.4 is 0 Å². The fourth-order valence-corrected chi connectivity index (χ4v) is 1.80. The molecule has 2 N–H and O–H groups in total. The summed E-state index contributed by atoms with van der Waals surface area (Å²) in [6, 6.07) is 3.47. The molecule has 1 aromatic carbocycles. The first-order chi connectivity index (χ1) is 7.94. The first kappa shape index (κ1) is 18.0. The number of phenols is 1. The van der Waals surface area contributed by atoms with Crippen molar-refractivity contribution >= 4 is 5.97 Å². The third-order valence-electron chi connectivity index (χ3n) is 3.01. The van der Waals surface area contributed by atoms with Crippen molar-refractivity contribution in [1.29, 1.82) is 0 Å². The Balaban J connectivity index is 0.00000324. The molecule has 0 amide bonds. The number of carboxylic acids is 1. The van der Waals surface area contributed by atoms with Gasteiger partial charge < -0.3 is 10.2 Å². The maximum absolute atomic E-state index is 11.2. The monoisotopic (exact) mass is 308 g/mol. The molecule has 1 rings (SSSR count). The van der Waals surface area contributed by atoms with Gasteiger partial charge in [-0.25, -0.2) is 4.79 Å². The summed E-state index contributed by atoms with van der Waals surface area (Å²) >= 11 is 0. The van der Waals surface area contributed by atoms with Gasteiger partial charge in [0, 0.05) is 22.1 Å². The molecule has 0 fully saturated rings. The molecule has 0 aromatic heterocycles. The summed E-state index contributed by atoms with van der Waals surface area (Å²) in [6.07, 6.45) is 0. The molecule has 0 aliphatic heterocycles. The van der Waals surface area contributed by atoms with E-state index in [-0.39, 0.29) is 38.6 Å². The topological polar surface area (TPSA) is 57.5 Å². The molecule has 3 nitrogen and oxygen atoms in total. The fourth-order valence-electron chi connectivity index (χ4n) is 1.80. The molecule has 0 aliphatic carbocycles. The van der Waals surface area contributed by atoms with Crippen LogP contribution in [0.15, 0.2) is 12.1 Å². The van der Waals surface area contributed by atoms with E-state index in [9.17, 15) is 15.0 Å². The van der Waals surface area contributed by atoms with Gasteiger partial charge in [-0.3, -0.25) is 0 Å². The van der Waals surface area contributed by atoms with E-state index < -0.39 is 5.97 Å². The fraction of sp³-hybridized carbons (Fsp3) is 0.533. The van der Waals surface area contributed by atoms with Crippen molar-refractivity contribution < 1.29 is 31.5 Å². The number of aromatic carboxylic acids is 1. The Hall–Kier alpha value is -1.02. The zero-order valence-electron chi connectivity index (χ0n) is 12.3. The Kier molecular flexibility index (Phi) is 5.24. The van der Waals surface area contributed by atoms with Gasteiger partial charge in [-0.2, -0.15) is 0 Å². The SMILES string of the molecule is CC(C)(C)c1cc(C(=O)O)c(O)c(C(C)(C)C)c1.[Ni]. The van der Waals surface area contributed by atoms with E-state index in [2.05, 4.69) is 0 Å². The van der Waals surface area contributed by atoms with Gasteiger partial charge in [0.05, 0.1) is 0 Å². The third kappa shape index (κ3) is 3.97. The van der Waals surface area contributed by atoms with Crippen LogP contribution in [0.2, 0.25) is 0 Å². The molecule has 0 bridgehead atoms. The Morgan fingerprint density at radius 2 is 1.47 bits per heavy atom. The van der Waals surface area contributed by atoms with E-state index >= 15 is 0 Å². The van der Waals surface area contributed by atoms with Crippen molar-refractivity contribution in [2.24, 2.45) is 0 Å². The van der Waals surface area contributed by atoms with Gasteiger partial charge in [-0.15, -0.1) is 0 Å². The maximum Gasteiger partial charge on any atom is 0.339 e. The molecule has 4 heteroatoms. The minimum Gasteiger partial charge on any atom is -0.507 e. The molecular weight excluding hydrogens is 287 g/mol. The van der Waals surface area contributed by atoms with Crippen molar-refractivity contribution in [3.8, 4) is 5.75 Å². The van der Waals surface area contributed by atoms with Crippen LogP contribution >= 0.6 is 0 Å². The molecule has 110 valence electrons. The minimum absolute atomic E-state index is 0. The van der Waals surface area contributed by atoms with Crippen LogP contribution in [0.3, 0.4) is 0 Å². The average Bonchev–Trinajstić information content (AvgIpc) is 2.13. The summed E-state index contributed by atoms with van der Waals surface area (Å²) < 4.78 is 0. The van der Waals surface area contributed by atoms with Gasteiger partial charge in [-0.05, 0) is 22.5 Å². The molecule has 0 atom stereocenters. The van der Waals surface area contributed by atoms with Crippen molar-refractivity contribution in [3.05, 3.63) is 28.8 Å². The Bertz CT molecular complexity index is 479. The van der Waals surface area contributed by atoms with Crippen molar-refractivity contribution in [3.63, 3.8) is 0 Å². The van der Waals surface area contributed by atoms with E-state index in [1.165, 1.54) is 0 Å². The number of hydrogen-bond donors (Lipinski definition) is 2. The Morgan fingerprint density at radius 1 is 1.00 bits per heavy atom. The second-order valence-corrected chi connectivity index (χ2v) is 6.73. The largest absolute Gasteiger partial charge is 0.507 e. The van der Waals surface area contributed by atoms with E-state index in [0.717, 1.165) is 5.56 Å². The summed E-state index contributed by atoms with van der Waals surface area (Å²) in [5.74, 6) is -1.22. The quantitative estimate of drug-likeness (QED) is 0.778. The minimum atomic E-state index is -1.09. The molecule has 0 spiro atoms. The number of rotatable bonds is 1. The number of hydrogen-bond acceptors (Lipinski definition) is 2. The molecule has 19 heavy (non-hydrogen) atoms. The van der Waals surface area contributed by atoms with Crippen LogP contribution in [0.25, 0.3) is 0 Å². The second-order valence-electron chi connectivity index (χ2n) is 6.73. The van der Waals surface area contributed by atoms with Gasteiger partial charge in [-0.1, -0.05) is 47.6 Å². The maximum atomic E-state index is 11.2. The smallest absolute Gasteiger partial charge is 0.339 e. The average molecular weight is 309 g/mol. The summed E-state index contributed by atoms with van der Waals surface area (Å²) in [6.45, 7) is 12.0. The summed E-state index contributed by atoms with van der Waals surface area (Å²) in [4.78, 5) is 11.2.